The second-order valence-corrected chi connectivity index (χ2v) is 9.12. The average molecular weight is 541 g/mol. The largest absolute Gasteiger partial charge is 0.490 e. The first-order valence-electron chi connectivity index (χ1n) is 12.1. The van der Waals surface area contributed by atoms with Gasteiger partial charge in [0.25, 0.3) is 0 Å². The molecule has 4 heterocycles. The smallest absolute Gasteiger partial charge is 0.475 e. The van der Waals surface area contributed by atoms with Gasteiger partial charge in [0.2, 0.25) is 0 Å². The number of rotatable bonds is 3. The van der Waals surface area contributed by atoms with Gasteiger partial charge < -0.3 is 30.1 Å². The Kier molecular flexibility index (Phi) is 8.04. The molecule has 0 radical (unpaired) electrons. The van der Waals surface area contributed by atoms with Crippen LogP contribution in [-0.4, -0.2) is 99.6 Å². The number of benzene rings is 1. The number of piperazine rings is 1. The fraction of sp³-hybridized carbons (Fsp3) is 0.478. The molecule has 0 atom stereocenters. The van der Waals surface area contributed by atoms with E-state index < -0.39 is 12.1 Å². The van der Waals surface area contributed by atoms with Crippen LogP contribution in [0.25, 0.3) is 22.6 Å². The second-order valence-electron chi connectivity index (χ2n) is 9.12. The Morgan fingerprint density at radius 3 is 2.34 bits per heavy atom. The number of nitrogens with zero attached hydrogens (tertiary/aromatic N) is 5. The molecule has 0 saturated carbocycles. The maximum Gasteiger partial charge on any atom is 0.490 e. The van der Waals surface area contributed by atoms with Gasteiger partial charge in [-0.2, -0.15) is 18.3 Å². The van der Waals surface area contributed by atoms with Gasteiger partial charge in [-0.1, -0.05) is 0 Å². The van der Waals surface area contributed by atoms with Crippen molar-refractivity contribution in [1.29, 1.82) is 0 Å². The zero-order valence-corrected chi connectivity index (χ0v) is 20.6. The number of aromatic nitrogens is 4. The lowest BCUT2D eigenvalue weighted by molar-refractivity contribution is -0.192. The van der Waals surface area contributed by atoms with Gasteiger partial charge in [-0.05, 0) is 32.4 Å². The van der Waals surface area contributed by atoms with Crippen LogP contribution in [0.5, 0.6) is 0 Å². The number of hydrogen-bond acceptors (Lipinski definition) is 6. The molecule has 3 aromatic rings. The molecule has 38 heavy (non-hydrogen) atoms. The molecule has 0 bridgehead atoms. The highest BCUT2D eigenvalue weighted by Gasteiger charge is 2.38. The van der Waals surface area contributed by atoms with E-state index >= 15 is 0 Å². The number of amides is 2. The van der Waals surface area contributed by atoms with Gasteiger partial charge in [0.05, 0.1) is 22.4 Å². The maximum atomic E-state index is 14.8. The van der Waals surface area contributed by atoms with Gasteiger partial charge >= 0.3 is 18.2 Å². The molecule has 2 aliphatic heterocycles. The van der Waals surface area contributed by atoms with Crippen molar-refractivity contribution in [3.8, 4) is 11.5 Å². The van der Waals surface area contributed by atoms with Gasteiger partial charge in [0.15, 0.2) is 11.5 Å². The van der Waals surface area contributed by atoms with Crippen LogP contribution in [0.2, 0.25) is 0 Å². The van der Waals surface area contributed by atoms with Crippen LogP contribution in [0, 0.1) is 5.82 Å². The van der Waals surface area contributed by atoms with E-state index in [1.165, 1.54) is 6.07 Å². The number of likely N-dealkylation sites (tertiary alicyclic amines) is 1. The first kappa shape index (κ1) is 27.2. The zero-order chi connectivity index (χ0) is 27.4. The molecule has 5 rings (SSSR count). The van der Waals surface area contributed by atoms with Crippen molar-refractivity contribution in [2.45, 2.75) is 25.4 Å². The Hall–Kier alpha value is -3.88. The number of nitrogens with one attached hydrogen (secondary N) is 3. The molecule has 11 nitrogen and oxygen atoms in total. The number of aromatic amines is 2. The number of carbonyl (C=O) groups excluding carboxylic acids is 1. The first-order valence-corrected chi connectivity index (χ1v) is 12.1. The third-order valence-electron chi connectivity index (χ3n) is 6.39. The minimum absolute atomic E-state index is 0.137. The number of carbonyl (C=O) groups is 2. The van der Waals surface area contributed by atoms with Gasteiger partial charge in [-0.25, -0.2) is 19.0 Å². The molecule has 2 aliphatic rings. The minimum Gasteiger partial charge on any atom is -0.475 e. The molecule has 1 aromatic carbocycles. The Balaban J connectivity index is 0.000000426. The average Bonchev–Trinajstić information content (AvgIpc) is 3.50. The molecule has 2 saturated heterocycles. The normalized spacial score (nSPS) is 16.8. The summed E-state index contributed by atoms with van der Waals surface area (Å²) in [7, 11) is 2.07. The van der Waals surface area contributed by atoms with Crippen LogP contribution in [0.15, 0.2) is 18.3 Å². The summed E-state index contributed by atoms with van der Waals surface area (Å²) in [6.07, 6.45) is -0.236. The Bertz CT molecular complexity index is 1280. The van der Waals surface area contributed by atoms with E-state index in [4.69, 9.17) is 9.90 Å². The standard InChI is InChI=1S/C21H27FN8O.C2HF3O2/c1-28-7-9-29(10-8-28)18-12-16-15(11-14(18)22)24-20(25-16)19-17(13-23-27-19)26-21(31)30-5-3-2-4-6-30;3-2(4,5)1(6)7/h11-13H,2-10H2,1H3,(H,23,27)(H,24,25)(H,26,31);(H,6,7). The minimum atomic E-state index is -5.08. The Labute approximate surface area is 214 Å². The number of imidazole rings is 1. The maximum absolute atomic E-state index is 14.8. The van der Waals surface area contributed by atoms with Crippen molar-refractivity contribution in [2.75, 3.05) is 56.5 Å². The number of likely N-dealkylation sites (N-methyl/N-ethyl adjacent to an activating group) is 1. The number of carboxylic acid groups (broad SMARTS) is 1. The van der Waals surface area contributed by atoms with Crippen molar-refractivity contribution < 1.29 is 32.3 Å². The van der Waals surface area contributed by atoms with Crippen molar-refractivity contribution >= 4 is 34.4 Å². The van der Waals surface area contributed by atoms with Crippen LogP contribution in [0.3, 0.4) is 0 Å². The summed E-state index contributed by atoms with van der Waals surface area (Å²) in [6.45, 7) is 4.89. The molecule has 2 fully saturated rings. The third-order valence-corrected chi connectivity index (χ3v) is 6.39. The topological polar surface area (TPSA) is 133 Å². The lowest BCUT2D eigenvalue weighted by atomic mass is 10.1. The number of anilines is 2. The van der Waals surface area contributed by atoms with Gasteiger partial charge in [-0.15, -0.1) is 0 Å². The highest BCUT2D eigenvalue weighted by molar-refractivity contribution is 5.93. The number of carboxylic acids is 1. The Morgan fingerprint density at radius 1 is 1.05 bits per heavy atom. The van der Waals surface area contributed by atoms with E-state index in [0.29, 0.717) is 28.4 Å². The van der Waals surface area contributed by atoms with Crippen LogP contribution in [0.4, 0.5) is 33.7 Å². The lowest BCUT2D eigenvalue weighted by Crippen LogP contribution is -2.44. The highest BCUT2D eigenvalue weighted by atomic mass is 19.4. The van der Waals surface area contributed by atoms with Crippen LogP contribution < -0.4 is 10.2 Å². The summed E-state index contributed by atoms with van der Waals surface area (Å²) in [5.74, 6) is -2.55. The van der Waals surface area contributed by atoms with Crippen molar-refractivity contribution in [3.63, 3.8) is 0 Å². The SMILES string of the molecule is CN1CCN(c2cc3[nH]c(-c4n[nH]cc4NC(=O)N4CCCCC4)nc3cc2F)CC1.O=C(O)C(F)(F)F. The van der Waals surface area contributed by atoms with Crippen LogP contribution in [-0.2, 0) is 4.79 Å². The number of piperidine rings is 1. The third kappa shape index (κ3) is 6.33. The number of H-pyrrole nitrogens is 2. The summed E-state index contributed by atoms with van der Waals surface area (Å²) in [6, 6.07) is 3.13. The predicted octanol–water partition coefficient (Wildman–Crippen LogP) is 3.50. The lowest BCUT2D eigenvalue weighted by Gasteiger charge is -2.34. The summed E-state index contributed by atoms with van der Waals surface area (Å²) < 4.78 is 46.6. The number of halogens is 4. The van der Waals surface area contributed by atoms with E-state index in [0.717, 1.165) is 64.0 Å². The molecule has 0 spiro atoms. The van der Waals surface area contributed by atoms with Crippen molar-refractivity contribution in [1.82, 2.24) is 30.0 Å². The molecule has 0 aliphatic carbocycles. The number of fused-ring (bicyclic) bond motifs is 1. The first-order chi connectivity index (χ1) is 18.0. The number of urea groups is 1. The van der Waals surface area contributed by atoms with E-state index in [1.54, 1.807) is 6.20 Å². The number of aliphatic carboxylic acids is 1. The number of hydrogen-bond donors (Lipinski definition) is 4. The van der Waals surface area contributed by atoms with Crippen LogP contribution in [0.1, 0.15) is 19.3 Å². The molecule has 206 valence electrons. The molecular weight excluding hydrogens is 512 g/mol. The van der Waals surface area contributed by atoms with Gasteiger partial charge in [-0.3, -0.25) is 5.10 Å². The van der Waals surface area contributed by atoms with E-state index in [-0.39, 0.29) is 11.8 Å². The van der Waals surface area contributed by atoms with Crippen LogP contribution >= 0.6 is 0 Å². The Morgan fingerprint density at radius 2 is 1.71 bits per heavy atom. The van der Waals surface area contributed by atoms with E-state index in [2.05, 4.69) is 42.3 Å². The summed E-state index contributed by atoms with van der Waals surface area (Å²) >= 11 is 0. The fourth-order valence-electron chi connectivity index (χ4n) is 4.28. The van der Waals surface area contributed by atoms with E-state index in [1.807, 2.05) is 11.0 Å². The molecule has 2 aromatic heterocycles. The quantitative estimate of drug-likeness (QED) is 0.374. The summed E-state index contributed by atoms with van der Waals surface area (Å²) in [5, 5.41) is 17.1. The second kappa shape index (κ2) is 11.2. The molecule has 4 N–H and O–H groups in total. The summed E-state index contributed by atoms with van der Waals surface area (Å²) in [4.78, 5) is 35.4. The molecule has 2 amide bonds. The zero-order valence-electron chi connectivity index (χ0n) is 20.6. The molecule has 15 heteroatoms. The molecular formula is C23H28F4N8O3. The van der Waals surface area contributed by atoms with E-state index in [9.17, 15) is 22.4 Å². The highest BCUT2D eigenvalue weighted by Crippen LogP contribution is 2.30. The van der Waals surface area contributed by atoms with Crippen molar-refractivity contribution in [3.05, 3.63) is 24.1 Å². The number of alkyl halides is 3. The fourth-order valence-corrected chi connectivity index (χ4v) is 4.28. The predicted molar refractivity (Wildman–Crippen MR) is 131 cm³/mol. The van der Waals surface area contributed by atoms with Gasteiger partial charge in [0, 0.05) is 51.5 Å². The van der Waals surface area contributed by atoms with Crippen molar-refractivity contribution in [2.24, 2.45) is 0 Å². The monoisotopic (exact) mass is 540 g/mol. The van der Waals surface area contributed by atoms with Gasteiger partial charge in [0.1, 0.15) is 5.82 Å². The molecule has 0 unspecified atom stereocenters. The summed E-state index contributed by atoms with van der Waals surface area (Å²) in [5.41, 5.74) is 2.90.